The molecule has 0 unspecified atom stereocenters. The van der Waals surface area contributed by atoms with Gasteiger partial charge in [-0.25, -0.2) is 4.98 Å². The highest BCUT2D eigenvalue weighted by atomic mass is 35.5. The fourth-order valence-corrected chi connectivity index (χ4v) is 4.99. The number of aliphatic hydroxyl groups excluding tert-OH is 1. The van der Waals surface area contributed by atoms with E-state index in [2.05, 4.69) is 9.88 Å². The number of amides is 1. The first-order valence-corrected chi connectivity index (χ1v) is 9.91. The highest BCUT2D eigenvalue weighted by Crippen LogP contribution is 2.44. The van der Waals surface area contributed by atoms with Crippen LogP contribution in [-0.4, -0.2) is 52.7 Å². The Balaban J connectivity index is 1.42. The Morgan fingerprint density at radius 1 is 1.15 bits per heavy atom. The van der Waals surface area contributed by atoms with Crippen molar-refractivity contribution in [2.75, 3.05) is 24.5 Å². The van der Waals surface area contributed by atoms with Crippen molar-refractivity contribution in [2.24, 2.45) is 5.41 Å². The third-order valence-corrected chi connectivity index (χ3v) is 6.71. The Morgan fingerprint density at radius 3 is 2.50 bits per heavy atom. The zero-order valence-electron chi connectivity index (χ0n) is 14.8. The lowest BCUT2D eigenvalue weighted by molar-refractivity contribution is -0.139. The van der Waals surface area contributed by atoms with Crippen LogP contribution in [0.15, 0.2) is 12.3 Å². The van der Waals surface area contributed by atoms with Gasteiger partial charge in [-0.05, 0) is 51.0 Å². The van der Waals surface area contributed by atoms with E-state index >= 15 is 0 Å². The molecule has 4 rings (SSSR count). The van der Waals surface area contributed by atoms with Gasteiger partial charge in [-0.1, -0.05) is 11.6 Å². The van der Waals surface area contributed by atoms with E-state index in [0.29, 0.717) is 23.8 Å². The average molecular weight is 382 g/mol. The number of nitrogens with zero attached hydrogens (tertiary/aromatic N) is 3. The number of likely N-dealkylation sites (tertiary alicyclic amines) is 1. The smallest absolute Gasteiger partial charge is 0.236 e. The second kappa shape index (κ2) is 6.97. The van der Waals surface area contributed by atoms with Gasteiger partial charge >= 0.3 is 0 Å². The molecule has 26 heavy (non-hydrogen) atoms. The molecule has 3 fully saturated rings. The number of rotatable bonds is 2. The second-order valence-corrected chi connectivity index (χ2v) is 8.38. The van der Waals surface area contributed by atoms with Crippen molar-refractivity contribution >= 4 is 23.2 Å². The van der Waals surface area contributed by atoms with Gasteiger partial charge < -0.3 is 14.9 Å². The molecule has 1 spiro atoms. The number of hydrogen-bond donors (Lipinski definition) is 1. The first-order chi connectivity index (χ1) is 12.5. The molecule has 0 atom stereocenters. The lowest BCUT2D eigenvalue weighted by Crippen LogP contribution is -2.47. The molecule has 1 aromatic rings. The van der Waals surface area contributed by atoms with Gasteiger partial charge in [0.15, 0.2) is 0 Å². The van der Waals surface area contributed by atoms with Gasteiger partial charge in [0.2, 0.25) is 11.9 Å². The Hall–Kier alpha value is -1.40. The molecule has 0 bridgehead atoms. The van der Waals surface area contributed by atoms with Crippen molar-refractivity contribution in [3.63, 3.8) is 0 Å². The van der Waals surface area contributed by atoms with Crippen LogP contribution < -0.4 is 4.90 Å². The summed E-state index contributed by atoms with van der Waals surface area (Å²) in [6.07, 6.45) is 6.84. The average Bonchev–Trinajstić information content (AvgIpc) is 2.95. The number of carbonyl (C=O) groups excluding carboxylic acids is 1. The van der Waals surface area contributed by atoms with E-state index in [9.17, 15) is 14.3 Å². The summed E-state index contributed by atoms with van der Waals surface area (Å²) in [5, 5.41) is 10.1. The second-order valence-electron chi connectivity index (χ2n) is 7.94. The maximum Gasteiger partial charge on any atom is 0.236 e. The van der Waals surface area contributed by atoms with Crippen LogP contribution in [0.4, 0.5) is 10.1 Å². The number of anilines is 1. The highest BCUT2D eigenvalue weighted by Gasteiger charge is 2.50. The minimum absolute atomic E-state index is 0.206. The quantitative estimate of drug-likeness (QED) is 0.800. The lowest BCUT2D eigenvalue weighted by atomic mass is 9.77. The summed E-state index contributed by atoms with van der Waals surface area (Å²) < 4.78 is 14.0. The Bertz CT molecular complexity index is 685. The minimum Gasteiger partial charge on any atom is -0.393 e. The van der Waals surface area contributed by atoms with Crippen LogP contribution in [0.5, 0.6) is 0 Å². The number of aliphatic hydroxyl groups is 1. The van der Waals surface area contributed by atoms with Gasteiger partial charge in [-0.2, -0.15) is 4.39 Å². The molecule has 1 aromatic heterocycles. The first-order valence-electron chi connectivity index (χ1n) is 9.54. The molecule has 1 amide bonds. The van der Waals surface area contributed by atoms with E-state index in [1.54, 1.807) is 6.07 Å². The third kappa shape index (κ3) is 3.18. The summed E-state index contributed by atoms with van der Waals surface area (Å²) in [6, 6.07) is 1.88. The van der Waals surface area contributed by atoms with Crippen LogP contribution in [0.1, 0.15) is 44.9 Å². The number of piperidine rings is 1. The van der Waals surface area contributed by atoms with Crippen molar-refractivity contribution in [2.45, 2.75) is 57.1 Å². The van der Waals surface area contributed by atoms with E-state index < -0.39 is 5.95 Å². The van der Waals surface area contributed by atoms with Gasteiger partial charge in [-0.15, -0.1) is 0 Å². The summed E-state index contributed by atoms with van der Waals surface area (Å²) in [4.78, 5) is 20.9. The summed E-state index contributed by atoms with van der Waals surface area (Å²) in [6.45, 7) is 2.09. The first kappa shape index (κ1) is 18.0. The largest absolute Gasteiger partial charge is 0.393 e. The van der Waals surface area contributed by atoms with E-state index in [-0.39, 0.29) is 23.5 Å². The molecule has 0 aromatic carbocycles. The lowest BCUT2D eigenvalue weighted by Gasteiger charge is -2.40. The number of aromatic nitrogens is 1. The summed E-state index contributed by atoms with van der Waals surface area (Å²) >= 11 is 5.96. The van der Waals surface area contributed by atoms with Gasteiger partial charge in [0.1, 0.15) is 0 Å². The molecule has 1 N–H and O–H groups in total. The molecule has 5 nitrogen and oxygen atoms in total. The summed E-state index contributed by atoms with van der Waals surface area (Å²) in [5.74, 6) is -0.242. The van der Waals surface area contributed by atoms with E-state index in [0.717, 1.165) is 51.5 Å². The minimum atomic E-state index is -0.509. The van der Waals surface area contributed by atoms with Crippen LogP contribution >= 0.6 is 11.6 Å². The van der Waals surface area contributed by atoms with Crippen molar-refractivity contribution in [1.82, 2.24) is 9.88 Å². The van der Waals surface area contributed by atoms with Gasteiger partial charge in [0, 0.05) is 31.9 Å². The molecule has 0 radical (unpaired) electrons. The predicted octanol–water partition coefficient (Wildman–Crippen LogP) is 3.00. The maximum atomic E-state index is 14.0. The van der Waals surface area contributed by atoms with Crippen molar-refractivity contribution in [3.8, 4) is 0 Å². The van der Waals surface area contributed by atoms with Crippen LogP contribution in [0.25, 0.3) is 0 Å². The molecule has 142 valence electrons. The standard InChI is InChI=1S/C19H25ClFN3O2/c20-13-11-16(17(21)22-12-13)23-8-5-19(6-9-23)7-10-24(18(19)26)14-1-3-15(25)4-2-14/h11-12,14-15,25H,1-10H2/t14-,15+. The number of pyridine rings is 1. The zero-order chi connectivity index (χ0) is 18.3. The summed E-state index contributed by atoms with van der Waals surface area (Å²) in [7, 11) is 0. The SMILES string of the molecule is O=C1N([C@H]2CC[C@@H](O)CC2)CCC12CCN(c1cc(Cl)cnc1F)CC2. The molecule has 3 aliphatic rings. The number of hydrogen-bond acceptors (Lipinski definition) is 4. The Morgan fingerprint density at radius 2 is 1.81 bits per heavy atom. The normalized spacial score (nSPS) is 28.8. The van der Waals surface area contributed by atoms with Crippen LogP contribution in [0.2, 0.25) is 5.02 Å². The molecule has 1 saturated carbocycles. The van der Waals surface area contributed by atoms with Gasteiger partial charge in [0.05, 0.1) is 22.2 Å². The number of halogens is 2. The maximum absolute atomic E-state index is 14.0. The van der Waals surface area contributed by atoms with Gasteiger partial charge in [-0.3, -0.25) is 4.79 Å². The number of carbonyl (C=O) groups is 1. The third-order valence-electron chi connectivity index (χ3n) is 6.50. The van der Waals surface area contributed by atoms with Crippen LogP contribution in [0.3, 0.4) is 0 Å². The molecule has 2 aliphatic heterocycles. The van der Waals surface area contributed by atoms with Crippen molar-refractivity contribution in [1.29, 1.82) is 0 Å². The Kier molecular flexibility index (Phi) is 4.82. The monoisotopic (exact) mass is 381 g/mol. The molecule has 1 aliphatic carbocycles. The zero-order valence-corrected chi connectivity index (χ0v) is 15.6. The fraction of sp³-hybridized carbons (Fsp3) is 0.684. The van der Waals surface area contributed by atoms with Crippen LogP contribution in [0, 0.1) is 11.4 Å². The molecule has 7 heteroatoms. The molecular weight excluding hydrogens is 357 g/mol. The van der Waals surface area contributed by atoms with Crippen molar-refractivity contribution in [3.05, 3.63) is 23.2 Å². The van der Waals surface area contributed by atoms with Gasteiger partial charge in [0.25, 0.3) is 0 Å². The topological polar surface area (TPSA) is 56.7 Å². The summed E-state index contributed by atoms with van der Waals surface area (Å²) in [5.41, 5.74) is 0.130. The molecule has 2 saturated heterocycles. The highest BCUT2D eigenvalue weighted by molar-refractivity contribution is 6.30. The van der Waals surface area contributed by atoms with Crippen molar-refractivity contribution < 1.29 is 14.3 Å². The predicted molar refractivity (Wildman–Crippen MR) is 97.7 cm³/mol. The van der Waals surface area contributed by atoms with Crippen LogP contribution in [-0.2, 0) is 4.79 Å². The molecule has 3 heterocycles. The van der Waals surface area contributed by atoms with E-state index in [1.165, 1.54) is 6.20 Å². The Labute approximate surface area is 158 Å². The fourth-order valence-electron chi connectivity index (χ4n) is 4.84. The molecular formula is C19H25ClFN3O2. The van der Waals surface area contributed by atoms with E-state index in [1.807, 2.05) is 4.90 Å². The van der Waals surface area contributed by atoms with E-state index in [4.69, 9.17) is 11.6 Å².